The minimum atomic E-state index is -2.89. The molecule has 19 heavy (non-hydrogen) atoms. The molecule has 0 saturated carbocycles. The van der Waals surface area contributed by atoms with Crippen molar-refractivity contribution in [1.29, 1.82) is 0 Å². The highest BCUT2D eigenvalue weighted by Crippen LogP contribution is 2.24. The summed E-state index contributed by atoms with van der Waals surface area (Å²) < 4.78 is 27.4. The maximum Gasteiger partial charge on any atom is 0.232 e. The number of hydrogen-bond donors (Lipinski definition) is 1. The summed E-state index contributed by atoms with van der Waals surface area (Å²) in [6, 6.07) is 0. The zero-order valence-corrected chi connectivity index (χ0v) is 12.9. The quantitative estimate of drug-likeness (QED) is 0.674. The van der Waals surface area contributed by atoms with Crippen molar-refractivity contribution in [1.82, 2.24) is 4.90 Å². The maximum absolute atomic E-state index is 11.8. The first kappa shape index (κ1) is 16.7. The summed E-state index contributed by atoms with van der Waals surface area (Å²) >= 11 is 1.38. The van der Waals surface area contributed by atoms with E-state index in [4.69, 9.17) is 4.74 Å². The fraction of sp³-hybridized carbons (Fsp3) is 0.909. The molecule has 0 aromatic heterocycles. The topological polar surface area (TPSA) is 83.9 Å². The molecule has 0 aromatic rings. The van der Waals surface area contributed by atoms with Gasteiger partial charge in [0, 0.05) is 26.0 Å². The molecule has 1 heterocycles. The minimum absolute atomic E-state index is 0.0197. The number of sulfone groups is 1. The molecule has 0 bridgehead atoms. The van der Waals surface area contributed by atoms with E-state index >= 15 is 0 Å². The number of thioether (sulfide) groups is 1. The number of rotatable bonds is 7. The molecule has 0 aliphatic carbocycles. The number of carbonyl (C=O) groups is 1. The van der Waals surface area contributed by atoms with Gasteiger partial charge in [0.15, 0.2) is 9.84 Å². The molecule has 6 nitrogen and oxygen atoms in total. The molecule has 1 amide bonds. The van der Waals surface area contributed by atoms with Gasteiger partial charge in [-0.15, -0.1) is 11.8 Å². The van der Waals surface area contributed by atoms with E-state index in [1.54, 1.807) is 7.05 Å². The van der Waals surface area contributed by atoms with E-state index in [-0.39, 0.29) is 41.6 Å². The lowest BCUT2D eigenvalue weighted by Crippen LogP contribution is -2.37. The molecule has 0 aromatic carbocycles. The second kappa shape index (κ2) is 7.47. The van der Waals surface area contributed by atoms with Crippen molar-refractivity contribution in [2.75, 3.05) is 44.6 Å². The number of aliphatic hydroxyl groups excluding tert-OH is 1. The zero-order chi connectivity index (χ0) is 14.5. The van der Waals surface area contributed by atoms with Crippen LogP contribution in [0.1, 0.15) is 6.42 Å². The van der Waals surface area contributed by atoms with E-state index in [0.29, 0.717) is 6.42 Å². The van der Waals surface area contributed by atoms with E-state index in [1.165, 1.54) is 23.8 Å². The number of likely N-dealkylation sites (N-methyl/N-ethyl adjacent to an activating group) is 1. The number of nitrogens with zero attached hydrogens (tertiary/aromatic N) is 1. The van der Waals surface area contributed by atoms with E-state index in [9.17, 15) is 18.3 Å². The van der Waals surface area contributed by atoms with Crippen LogP contribution in [-0.4, -0.2) is 80.3 Å². The lowest BCUT2D eigenvalue weighted by Gasteiger charge is -2.20. The van der Waals surface area contributed by atoms with Gasteiger partial charge in [-0.05, 0) is 6.42 Å². The molecule has 0 radical (unpaired) electrons. The third-order valence-electron chi connectivity index (χ3n) is 2.90. The predicted molar refractivity (Wildman–Crippen MR) is 75.0 cm³/mol. The average Bonchev–Trinajstić information content (AvgIpc) is 2.66. The van der Waals surface area contributed by atoms with Gasteiger partial charge in [0.1, 0.15) is 0 Å². The van der Waals surface area contributed by atoms with Crippen LogP contribution >= 0.6 is 11.8 Å². The molecule has 1 aliphatic heterocycles. The highest BCUT2D eigenvalue weighted by molar-refractivity contribution is 8.02. The van der Waals surface area contributed by atoms with Crippen molar-refractivity contribution in [2.24, 2.45) is 0 Å². The van der Waals surface area contributed by atoms with Crippen LogP contribution in [0.4, 0.5) is 0 Å². The lowest BCUT2D eigenvalue weighted by molar-refractivity contribution is -0.128. The van der Waals surface area contributed by atoms with E-state index in [1.807, 2.05) is 0 Å². The average molecular weight is 311 g/mol. The van der Waals surface area contributed by atoms with E-state index in [2.05, 4.69) is 0 Å². The zero-order valence-electron chi connectivity index (χ0n) is 11.2. The van der Waals surface area contributed by atoms with Gasteiger partial charge in [-0.1, -0.05) is 0 Å². The first-order valence-electron chi connectivity index (χ1n) is 6.07. The van der Waals surface area contributed by atoms with Crippen LogP contribution in [0.25, 0.3) is 0 Å². The van der Waals surface area contributed by atoms with Gasteiger partial charge in [0.25, 0.3) is 0 Å². The monoisotopic (exact) mass is 311 g/mol. The summed E-state index contributed by atoms with van der Waals surface area (Å²) in [5.74, 6) is 0.531. The molecule has 1 fully saturated rings. The molecule has 0 spiro atoms. The van der Waals surface area contributed by atoms with Crippen LogP contribution < -0.4 is 0 Å². The molecule has 2 atom stereocenters. The Morgan fingerprint density at radius 3 is 2.79 bits per heavy atom. The summed E-state index contributed by atoms with van der Waals surface area (Å²) in [6.45, 7) is 0.405. The van der Waals surface area contributed by atoms with Crippen molar-refractivity contribution in [3.05, 3.63) is 0 Å². The third-order valence-corrected chi connectivity index (χ3v) is 6.17. The van der Waals surface area contributed by atoms with E-state index in [0.717, 1.165) is 0 Å². The van der Waals surface area contributed by atoms with Crippen LogP contribution in [-0.2, 0) is 19.4 Å². The molecule has 1 N–H and O–H groups in total. The Labute approximate surface area is 118 Å². The molecule has 1 aliphatic rings. The fourth-order valence-electron chi connectivity index (χ4n) is 1.85. The van der Waals surface area contributed by atoms with Gasteiger partial charge in [-0.25, -0.2) is 8.42 Å². The molecular formula is C11H21NO5S2. The van der Waals surface area contributed by atoms with Crippen molar-refractivity contribution in [2.45, 2.75) is 17.8 Å². The second-order valence-electron chi connectivity index (χ2n) is 4.72. The van der Waals surface area contributed by atoms with Gasteiger partial charge >= 0.3 is 0 Å². The smallest absolute Gasteiger partial charge is 0.232 e. The van der Waals surface area contributed by atoms with E-state index < -0.39 is 15.9 Å². The van der Waals surface area contributed by atoms with Crippen LogP contribution in [0, 0.1) is 0 Å². The summed E-state index contributed by atoms with van der Waals surface area (Å²) in [4.78, 5) is 13.2. The molecular weight excluding hydrogens is 290 g/mol. The van der Waals surface area contributed by atoms with Gasteiger partial charge < -0.3 is 14.7 Å². The summed E-state index contributed by atoms with van der Waals surface area (Å²) in [5, 5.41) is 9.53. The molecule has 1 saturated heterocycles. The van der Waals surface area contributed by atoms with Crippen molar-refractivity contribution >= 4 is 27.5 Å². The molecule has 8 heteroatoms. The van der Waals surface area contributed by atoms with Gasteiger partial charge in [0.05, 0.1) is 30.0 Å². The third kappa shape index (κ3) is 6.11. The molecule has 1 rings (SSSR count). The first-order chi connectivity index (χ1) is 8.84. The normalized spacial score (nSPS) is 23.2. The van der Waals surface area contributed by atoms with Crippen LogP contribution in [0.3, 0.4) is 0 Å². The molecule has 2 unspecified atom stereocenters. The number of ether oxygens (including phenoxy) is 1. The van der Waals surface area contributed by atoms with Crippen molar-refractivity contribution < 1.29 is 23.1 Å². The highest BCUT2D eigenvalue weighted by Gasteiger charge is 2.28. The number of methoxy groups -OCH3 is 1. The molecule has 112 valence electrons. The summed E-state index contributed by atoms with van der Waals surface area (Å²) in [7, 11) is 0.214. The Kier molecular flexibility index (Phi) is 6.58. The van der Waals surface area contributed by atoms with Crippen LogP contribution in [0.15, 0.2) is 0 Å². The Morgan fingerprint density at radius 2 is 2.26 bits per heavy atom. The Bertz CT molecular complexity index is 398. The Balaban J connectivity index is 2.27. The predicted octanol–water partition coefficient (Wildman–Crippen LogP) is -0.628. The summed E-state index contributed by atoms with van der Waals surface area (Å²) in [6.07, 6.45) is -0.0770. The minimum Gasteiger partial charge on any atom is -0.389 e. The van der Waals surface area contributed by atoms with Gasteiger partial charge in [0.2, 0.25) is 5.91 Å². The number of amides is 1. The first-order valence-corrected chi connectivity index (χ1v) is 8.94. The Hall–Kier alpha value is -0.310. The van der Waals surface area contributed by atoms with Gasteiger partial charge in [-0.2, -0.15) is 0 Å². The van der Waals surface area contributed by atoms with Crippen molar-refractivity contribution in [3.63, 3.8) is 0 Å². The number of carbonyl (C=O) groups excluding carboxylic acids is 1. The SMILES string of the molecule is COCC(O)CN(C)C(=O)CSC1CCS(=O)(=O)C1. The second-order valence-corrected chi connectivity index (χ2v) is 8.24. The Morgan fingerprint density at radius 1 is 1.58 bits per heavy atom. The fourth-order valence-corrected chi connectivity index (χ4v) is 5.44. The number of aliphatic hydroxyl groups is 1. The van der Waals surface area contributed by atoms with Crippen LogP contribution in [0.5, 0.6) is 0 Å². The number of hydrogen-bond acceptors (Lipinski definition) is 6. The highest BCUT2D eigenvalue weighted by atomic mass is 32.2. The summed E-state index contributed by atoms with van der Waals surface area (Å²) in [5.41, 5.74) is 0. The van der Waals surface area contributed by atoms with Crippen molar-refractivity contribution in [3.8, 4) is 0 Å². The van der Waals surface area contributed by atoms with Gasteiger partial charge in [-0.3, -0.25) is 4.79 Å². The van der Waals surface area contributed by atoms with Crippen LogP contribution in [0.2, 0.25) is 0 Å². The maximum atomic E-state index is 11.8. The largest absolute Gasteiger partial charge is 0.389 e. The lowest BCUT2D eigenvalue weighted by atomic mass is 10.3. The standard InChI is InChI=1S/C11H21NO5S2/c1-12(5-9(13)6-17-2)11(14)7-18-10-3-4-19(15,16)8-10/h9-10,13H,3-8H2,1-2H3.